The molecule has 2 heterocycles. The Kier molecular flexibility index (Phi) is 8.62. The van der Waals surface area contributed by atoms with Gasteiger partial charge in [0.05, 0.1) is 70.4 Å². The van der Waals surface area contributed by atoms with Gasteiger partial charge < -0.3 is 9.13 Å². The Labute approximate surface area is 355 Å². The highest BCUT2D eigenvalue weighted by Gasteiger charge is 2.23. The summed E-state index contributed by atoms with van der Waals surface area (Å²) in [5.74, 6) is 0. The number of fused-ring (bicyclic) bond motifs is 6. The lowest BCUT2D eigenvalue weighted by Crippen LogP contribution is -2.05. The van der Waals surface area contributed by atoms with Crippen molar-refractivity contribution in [1.29, 1.82) is 21.0 Å². The van der Waals surface area contributed by atoms with Crippen molar-refractivity contribution < 1.29 is 0 Å². The molecule has 0 spiro atoms. The minimum absolute atomic E-state index is 0.387. The number of benzene rings is 8. The van der Waals surface area contributed by atoms with Crippen LogP contribution in [0.5, 0.6) is 0 Å². The number of aromatic nitrogens is 2. The molecule has 0 radical (unpaired) electrons. The first-order valence-corrected chi connectivity index (χ1v) is 19.5. The molecule has 0 aliphatic carbocycles. The smallest absolute Gasteiger partial charge is 0.196 e. The van der Waals surface area contributed by atoms with Gasteiger partial charge in [0.25, 0.3) is 0 Å². The molecule has 0 aliphatic rings. The van der Waals surface area contributed by atoms with Crippen LogP contribution in [-0.2, 0) is 0 Å². The van der Waals surface area contributed by atoms with E-state index in [1.165, 1.54) is 0 Å². The van der Waals surface area contributed by atoms with Gasteiger partial charge in [0.1, 0.15) is 11.6 Å². The third-order valence-corrected chi connectivity index (χ3v) is 11.5. The van der Waals surface area contributed by atoms with Gasteiger partial charge in [0.2, 0.25) is 0 Å². The maximum atomic E-state index is 11.4. The van der Waals surface area contributed by atoms with Crippen LogP contribution in [0.15, 0.2) is 158 Å². The Morgan fingerprint density at radius 3 is 1.56 bits per heavy atom. The predicted molar refractivity (Wildman–Crippen MR) is 243 cm³/mol. The van der Waals surface area contributed by atoms with E-state index in [2.05, 4.69) is 67.4 Å². The molecule has 8 aromatic carbocycles. The zero-order valence-corrected chi connectivity index (χ0v) is 32.6. The monoisotopic (exact) mass is 786 g/mol. The van der Waals surface area contributed by atoms with Gasteiger partial charge in [-0.3, -0.25) is 0 Å². The lowest BCUT2D eigenvalue weighted by molar-refractivity contribution is 1.12. The van der Waals surface area contributed by atoms with Crippen molar-refractivity contribution in [1.82, 2.24) is 9.13 Å². The van der Waals surface area contributed by atoms with Crippen LogP contribution in [0.1, 0.15) is 22.3 Å². The Hall–Kier alpha value is -9.70. The van der Waals surface area contributed by atoms with E-state index in [0.717, 1.165) is 77.0 Å². The summed E-state index contributed by atoms with van der Waals surface area (Å²) < 4.78 is 4.23. The lowest BCUT2D eigenvalue weighted by Gasteiger charge is -2.18. The van der Waals surface area contributed by atoms with Crippen LogP contribution in [0.4, 0.5) is 11.4 Å². The van der Waals surface area contributed by atoms with Gasteiger partial charge in [0.15, 0.2) is 11.4 Å². The molecule has 282 valence electrons. The maximum Gasteiger partial charge on any atom is 0.196 e. The average molecular weight is 787 g/mol. The minimum atomic E-state index is 0.387. The number of nitrogens with zero attached hydrogens (tertiary/aromatic N) is 8. The summed E-state index contributed by atoms with van der Waals surface area (Å²) in [5, 5.41) is 44.7. The molecule has 2 aromatic heterocycles. The molecule has 0 N–H and O–H groups in total. The molecule has 0 amide bonds. The van der Waals surface area contributed by atoms with E-state index < -0.39 is 0 Å². The average Bonchev–Trinajstić information content (AvgIpc) is 3.85. The Balaban J connectivity index is 1.28. The molecule has 0 bridgehead atoms. The number of para-hydroxylation sites is 2. The summed E-state index contributed by atoms with van der Waals surface area (Å²) >= 11 is 0. The quantitative estimate of drug-likeness (QED) is 0.162. The highest BCUT2D eigenvalue weighted by molar-refractivity contribution is 6.13. The molecular formula is C54H26N8. The molecule has 0 fully saturated rings. The van der Waals surface area contributed by atoms with E-state index in [4.69, 9.17) is 13.1 Å². The second-order valence-corrected chi connectivity index (χ2v) is 14.8. The van der Waals surface area contributed by atoms with Gasteiger partial charge in [0, 0.05) is 32.7 Å². The van der Waals surface area contributed by atoms with Crippen molar-refractivity contribution in [2.45, 2.75) is 0 Å². The van der Waals surface area contributed by atoms with Crippen LogP contribution in [0.3, 0.4) is 0 Å². The third kappa shape index (κ3) is 5.71. The van der Waals surface area contributed by atoms with Crippen LogP contribution >= 0.6 is 0 Å². The second-order valence-electron chi connectivity index (χ2n) is 14.8. The molecule has 0 saturated heterocycles. The molecule has 10 aromatic rings. The van der Waals surface area contributed by atoms with E-state index in [-0.39, 0.29) is 0 Å². The second kappa shape index (κ2) is 14.6. The van der Waals surface area contributed by atoms with E-state index in [1.807, 2.05) is 103 Å². The zero-order valence-electron chi connectivity index (χ0n) is 32.6. The van der Waals surface area contributed by atoms with Gasteiger partial charge in [-0.25, -0.2) is 9.69 Å². The summed E-state index contributed by atoms with van der Waals surface area (Å²) in [4.78, 5) is 7.26. The highest BCUT2D eigenvalue weighted by atomic mass is 15.0. The molecule has 0 unspecified atom stereocenters. The molecule has 0 saturated carbocycles. The van der Waals surface area contributed by atoms with Crippen LogP contribution in [0, 0.1) is 58.5 Å². The lowest BCUT2D eigenvalue weighted by atomic mass is 9.97. The van der Waals surface area contributed by atoms with Crippen molar-refractivity contribution in [2.24, 2.45) is 0 Å². The maximum absolute atomic E-state index is 11.4. The van der Waals surface area contributed by atoms with Crippen molar-refractivity contribution in [3.63, 3.8) is 0 Å². The van der Waals surface area contributed by atoms with E-state index in [9.17, 15) is 21.0 Å². The summed E-state index contributed by atoms with van der Waals surface area (Å²) in [6, 6.07) is 59.2. The Bertz CT molecular complexity index is 3620. The Morgan fingerprint density at radius 1 is 0.403 bits per heavy atom. The number of hydrogen-bond donors (Lipinski definition) is 0. The number of nitriles is 4. The van der Waals surface area contributed by atoms with Crippen molar-refractivity contribution in [2.75, 3.05) is 0 Å². The molecule has 0 atom stereocenters. The molecule has 8 nitrogen and oxygen atoms in total. The van der Waals surface area contributed by atoms with E-state index >= 15 is 0 Å². The van der Waals surface area contributed by atoms with Crippen molar-refractivity contribution in [3.05, 3.63) is 203 Å². The van der Waals surface area contributed by atoms with Gasteiger partial charge >= 0.3 is 0 Å². The highest BCUT2D eigenvalue weighted by Crippen LogP contribution is 2.43. The largest absolute Gasteiger partial charge is 0.308 e. The summed E-state index contributed by atoms with van der Waals surface area (Å²) in [7, 11) is 0. The fourth-order valence-corrected chi connectivity index (χ4v) is 8.70. The molecule has 62 heavy (non-hydrogen) atoms. The molecular weight excluding hydrogens is 761 g/mol. The molecule has 0 aliphatic heterocycles. The number of rotatable bonds is 5. The summed E-state index contributed by atoms with van der Waals surface area (Å²) in [5.41, 5.74) is 12.0. The SMILES string of the molecule is [C-]#[N+]c1ccc(-c2ccc3c(c2)c2ccccc2n3-c2cc(-c3cccc(C#N)c3)cc(-n3c4ccccc4c4cc(-c5ccc(C#N)cc5[N+]#[C-])ccc43)c2C#N)c(C#N)c1. The standard InChI is InChI=1S/C54H26N8/c1-59-40-17-19-41(39(24-40)31-57)36-15-20-51-45(25-36)43-10-3-5-12-49(43)61(51)53-27-38(35-9-7-8-33(22-35)29-55)28-54(47(53)32-58)62-50-13-6-4-11-44(50)46-26-37(16-21-52(46)62)42-18-14-34(30-56)23-48(42)60-2/h3-28H. The van der Waals surface area contributed by atoms with Crippen molar-refractivity contribution in [3.8, 4) is 69.0 Å². The van der Waals surface area contributed by atoms with Crippen LogP contribution in [0.25, 0.3) is 98.1 Å². The summed E-state index contributed by atoms with van der Waals surface area (Å²) in [6.45, 7) is 15.3. The summed E-state index contributed by atoms with van der Waals surface area (Å²) in [6.07, 6.45) is 0. The van der Waals surface area contributed by atoms with Gasteiger partial charge in [-0.15, -0.1) is 0 Å². The fraction of sp³-hybridized carbons (Fsp3) is 0. The zero-order chi connectivity index (χ0) is 42.5. The minimum Gasteiger partial charge on any atom is -0.308 e. The predicted octanol–water partition coefficient (Wildman–Crippen LogP) is 13.5. The first kappa shape index (κ1) is 36.6. The third-order valence-electron chi connectivity index (χ3n) is 11.5. The fourth-order valence-electron chi connectivity index (χ4n) is 8.70. The molecule has 8 heteroatoms. The van der Waals surface area contributed by atoms with E-state index in [0.29, 0.717) is 45.0 Å². The van der Waals surface area contributed by atoms with Gasteiger partial charge in [-0.05, 0) is 112 Å². The molecule has 10 rings (SSSR count). The first-order chi connectivity index (χ1) is 30.5. The normalized spacial score (nSPS) is 10.8. The number of hydrogen-bond acceptors (Lipinski definition) is 4. The first-order valence-electron chi connectivity index (χ1n) is 19.5. The van der Waals surface area contributed by atoms with Crippen molar-refractivity contribution >= 4 is 55.0 Å². The van der Waals surface area contributed by atoms with Crippen LogP contribution in [0.2, 0.25) is 0 Å². The van der Waals surface area contributed by atoms with E-state index in [1.54, 1.807) is 30.3 Å². The van der Waals surface area contributed by atoms with Gasteiger partial charge in [-0.1, -0.05) is 78.9 Å². The van der Waals surface area contributed by atoms with Gasteiger partial charge in [-0.2, -0.15) is 21.0 Å². The topological polar surface area (TPSA) is 114 Å². The Morgan fingerprint density at radius 2 is 0.984 bits per heavy atom. The van der Waals surface area contributed by atoms with Crippen LogP contribution in [-0.4, -0.2) is 9.13 Å². The van der Waals surface area contributed by atoms with Crippen LogP contribution < -0.4 is 0 Å².